The zero-order valence-electron chi connectivity index (χ0n) is 12.6. The largest absolute Gasteiger partial charge is 0.294 e. The summed E-state index contributed by atoms with van der Waals surface area (Å²) >= 11 is 0. The average molecular weight is 294 g/mol. The molecule has 0 aliphatic heterocycles. The molecular formula is C20H19FO. The van der Waals surface area contributed by atoms with Gasteiger partial charge in [0.2, 0.25) is 0 Å². The van der Waals surface area contributed by atoms with Crippen molar-refractivity contribution in [3.8, 4) is 0 Å². The molecule has 0 aromatic heterocycles. The second-order valence-electron chi connectivity index (χ2n) is 5.99. The SMILES string of the molecule is CC1=CC[C@@H](C(=O)c2ccc(F)cc2)[C@H](c2ccccc2)C1. The number of halogens is 1. The molecule has 0 N–H and O–H groups in total. The first-order valence-corrected chi connectivity index (χ1v) is 7.65. The Kier molecular flexibility index (Phi) is 4.19. The fourth-order valence-corrected chi connectivity index (χ4v) is 3.23. The van der Waals surface area contributed by atoms with Crippen LogP contribution in [0.3, 0.4) is 0 Å². The number of carbonyl (C=O) groups is 1. The number of hydrogen-bond donors (Lipinski definition) is 0. The fourth-order valence-electron chi connectivity index (χ4n) is 3.23. The summed E-state index contributed by atoms with van der Waals surface area (Å²) in [4.78, 5) is 12.8. The highest BCUT2D eigenvalue weighted by atomic mass is 19.1. The van der Waals surface area contributed by atoms with Gasteiger partial charge in [0.15, 0.2) is 5.78 Å². The van der Waals surface area contributed by atoms with E-state index in [9.17, 15) is 9.18 Å². The van der Waals surface area contributed by atoms with Crippen molar-refractivity contribution in [3.05, 3.63) is 83.2 Å². The van der Waals surface area contributed by atoms with Gasteiger partial charge in [-0.25, -0.2) is 4.39 Å². The standard InChI is InChI=1S/C20H19FO/c1-14-7-12-18(19(13-14)15-5-3-2-4-6-15)20(22)16-8-10-17(21)11-9-16/h2-11,18-19H,12-13H2,1H3/t18-,19+/m1/s1. The highest BCUT2D eigenvalue weighted by Gasteiger charge is 2.32. The number of hydrogen-bond acceptors (Lipinski definition) is 1. The van der Waals surface area contributed by atoms with Crippen molar-refractivity contribution >= 4 is 5.78 Å². The van der Waals surface area contributed by atoms with Gasteiger partial charge in [-0.2, -0.15) is 0 Å². The van der Waals surface area contributed by atoms with Gasteiger partial charge in [-0.1, -0.05) is 42.0 Å². The van der Waals surface area contributed by atoms with Gasteiger partial charge in [-0.15, -0.1) is 0 Å². The van der Waals surface area contributed by atoms with Crippen LogP contribution in [0.25, 0.3) is 0 Å². The van der Waals surface area contributed by atoms with E-state index in [1.54, 1.807) is 12.1 Å². The summed E-state index contributed by atoms with van der Waals surface area (Å²) < 4.78 is 13.1. The van der Waals surface area contributed by atoms with Crippen molar-refractivity contribution in [1.29, 1.82) is 0 Å². The predicted molar refractivity (Wildman–Crippen MR) is 86.4 cm³/mol. The number of rotatable bonds is 3. The lowest BCUT2D eigenvalue weighted by Crippen LogP contribution is -2.25. The highest BCUT2D eigenvalue weighted by molar-refractivity contribution is 5.98. The quantitative estimate of drug-likeness (QED) is 0.565. The van der Waals surface area contributed by atoms with E-state index in [4.69, 9.17) is 0 Å². The molecule has 112 valence electrons. The highest BCUT2D eigenvalue weighted by Crippen LogP contribution is 2.39. The molecule has 0 saturated carbocycles. The Morgan fingerprint density at radius 1 is 1.05 bits per heavy atom. The van der Waals surface area contributed by atoms with E-state index in [2.05, 4.69) is 25.1 Å². The fraction of sp³-hybridized carbons (Fsp3) is 0.250. The van der Waals surface area contributed by atoms with Crippen molar-refractivity contribution < 1.29 is 9.18 Å². The van der Waals surface area contributed by atoms with Gasteiger partial charge < -0.3 is 0 Å². The normalized spacial score (nSPS) is 21.3. The molecule has 0 saturated heterocycles. The Morgan fingerprint density at radius 2 is 1.73 bits per heavy atom. The van der Waals surface area contributed by atoms with Gasteiger partial charge in [0, 0.05) is 11.5 Å². The molecule has 2 heteroatoms. The van der Waals surface area contributed by atoms with Crippen LogP contribution in [0.5, 0.6) is 0 Å². The molecule has 2 atom stereocenters. The average Bonchev–Trinajstić information content (AvgIpc) is 2.56. The first-order valence-electron chi connectivity index (χ1n) is 7.65. The third kappa shape index (κ3) is 3.01. The Morgan fingerprint density at radius 3 is 2.41 bits per heavy atom. The van der Waals surface area contributed by atoms with E-state index in [0.29, 0.717) is 5.56 Å². The molecule has 0 spiro atoms. The van der Waals surface area contributed by atoms with E-state index in [1.807, 2.05) is 18.2 Å². The van der Waals surface area contributed by atoms with Crippen LogP contribution in [0.4, 0.5) is 4.39 Å². The minimum Gasteiger partial charge on any atom is -0.294 e. The second kappa shape index (κ2) is 6.27. The zero-order chi connectivity index (χ0) is 15.5. The molecule has 0 bridgehead atoms. The van der Waals surface area contributed by atoms with Crippen LogP contribution in [0.15, 0.2) is 66.2 Å². The second-order valence-corrected chi connectivity index (χ2v) is 5.99. The van der Waals surface area contributed by atoms with Gasteiger partial charge in [0.25, 0.3) is 0 Å². The Labute approximate surface area is 130 Å². The van der Waals surface area contributed by atoms with E-state index >= 15 is 0 Å². The molecule has 2 aromatic carbocycles. The predicted octanol–water partition coefficient (Wildman–Crippen LogP) is 5.15. The summed E-state index contributed by atoms with van der Waals surface area (Å²) in [6.45, 7) is 2.12. The number of allylic oxidation sites excluding steroid dienone is 2. The van der Waals surface area contributed by atoms with E-state index in [-0.39, 0.29) is 23.4 Å². The first kappa shape index (κ1) is 14.7. The van der Waals surface area contributed by atoms with Crippen molar-refractivity contribution in [2.24, 2.45) is 5.92 Å². The molecule has 3 rings (SSSR count). The van der Waals surface area contributed by atoms with Gasteiger partial charge in [-0.3, -0.25) is 4.79 Å². The summed E-state index contributed by atoms with van der Waals surface area (Å²) in [6, 6.07) is 16.1. The Bertz CT molecular complexity index is 685. The summed E-state index contributed by atoms with van der Waals surface area (Å²) in [6.07, 6.45) is 3.81. The Balaban J connectivity index is 1.92. The monoisotopic (exact) mass is 294 g/mol. The third-order valence-electron chi connectivity index (χ3n) is 4.44. The maximum atomic E-state index is 13.1. The molecule has 1 aliphatic rings. The molecule has 0 radical (unpaired) electrons. The number of benzene rings is 2. The Hall–Kier alpha value is -2.22. The molecule has 0 fully saturated rings. The summed E-state index contributed by atoms with van der Waals surface area (Å²) in [5, 5.41) is 0. The van der Waals surface area contributed by atoms with Crippen molar-refractivity contribution in [1.82, 2.24) is 0 Å². The van der Waals surface area contributed by atoms with Gasteiger partial charge >= 0.3 is 0 Å². The lowest BCUT2D eigenvalue weighted by molar-refractivity contribution is 0.0896. The minimum absolute atomic E-state index is 0.0726. The minimum atomic E-state index is -0.310. The van der Waals surface area contributed by atoms with Crippen LogP contribution < -0.4 is 0 Å². The van der Waals surface area contributed by atoms with Crippen LogP contribution in [-0.4, -0.2) is 5.78 Å². The molecule has 0 heterocycles. The van der Waals surface area contributed by atoms with E-state index < -0.39 is 0 Å². The molecule has 0 unspecified atom stereocenters. The molecule has 1 aliphatic carbocycles. The zero-order valence-corrected chi connectivity index (χ0v) is 12.6. The third-order valence-corrected chi connectivity index (χ3v) is 4.44. The lowest BCUT2D eigenvalue weighted by Gasteiger charge is -2.30. The molecule has 0 amide bonds. The van der Waals surface area contributed by atoms with E-state index in [1.165, 1.54) is 23.3 Å². The summed E-state index contributed by atoms with van der Waals surface area (Å²) in [5.74, 6) is -0.0755. The van der Waals surface area contributed by atoms with Crippen LogP contribution in [0.1, 0.15) is 41.6 Å². The van der Waals surface area contributed by atoms with Crippen molar-refractivity contribution in [3.63, 3.8) is 0 Å². The molecular weight excluding hydrogens is 275 g/mol. The van der Waals surface area contributed by atoms with Gasteiger partial charge in [-0.05, 0) is 55.5 Å². The van der Waals surface area contributed by atoms with Gasteiger partial charge in [0.05, 0.1) is 0 Å². The van der Waals surface area contributed by atoms with E-state index in [0.717, 1.165) is 12.8 Å². The van der Waals surface area contributed by atoms with Gasteiger partial charge in [0.1, 0.15) is 5.82 Å². The molecule has 22 heavy (non-hydrogen) atoms. The van der Waals surface area contributed by atoms with Crippen molar-refractivity contribution in [2.75, 3.05) is 0 Å². The van der Waals surface area contributed by atoms with Crippen LogP contribution in [-0.2, 0) is 0 Å². The topological polar surface area (TPSA) is 17.1 Å². The smallest absolute Gasteiger partial charge is 0.166 e. The molecule has 1 nitrogen and oxygen atoms in total. The maximum absolute atomic E-state index is 13.1. The van der Waals surface area contributed by atoms with Crippen LogP contribution >= 0.6 is 0 Å². The molecule has 2 aromatic rings. The maximum Gasteiger partial charge on any atom is 0.166 e. The lowest BCUT2D eigenvalue weighted by atomic mass is 9.73. The van der Waals surface area contributed by atoms with Crippen LogP contribution in [0.2, 0.25) is 0 Å². The van der Waals surface area contributed by atoms with Crippen LogP contribution in [0, 0.1) is 11.7 Å². The number of ketones is 1. The summed E-state index contributed by atoms with van der Waals surface area (Å²) in [5.41, 5.74) is 3.13. The number of carbonyl (C=O) groups excluding carboxylic acids is 1. The first-order chi connectivity index (χ1) is 10.6. The number of Topliss-reactive ketones (excluding diaryl/α,β-unsaturated/α-hetero) is 1. The summed E-state index contributed by atoms with van der Waals surface area (Å²) in [7, 11) is 0. The van der Waals surface area contributed by atoms with Crippen molar-refractivity contribution in [2.45, 2.75) is 25.7 Å².